The van der Waals surface area contributed by atoms with E-state index in [4.69, 9.17) is 17.0 Å². The standard InChI is InChI=1S/C14H14BO2P/c1-16-11-7-3-5-9-13(11)18(15)14-10-6-4-8-12(14)17-2/h3-10H,1-2H3. The van der Waals surface area contributed by atoms with E-state index < -0.39 is 7.80 Å². The second-order valence-electron chi connectivity index (χ2n) is 3.71. The van der Waals surface area contributed by atoms with Crippen LogP contribution in [-0.2, 0) is 0 Å². The molecule has 0 heterocycles. The molecule has 0 N–H and O–H groups in total. The SMILES string of the molecule is [B]P(c1ccccc1OC)c1ccccc1OC. The quantitative estimate of drug-likeness (QED) is 0.616. The van der Waals surface area contributed by atoms with Crippen LogP contribution in [0, 0.1) is 0 Å². The van der Waals surface area contributed by atoms with Crippen LogP contribution < -0.4 is 20.1 Å². The minimum atomic E-state index is -0.974. The molecule has 0 fully saturated rings. The van der Waals surface area contributed by atoms with Crippen molar-refractivity contribution < 1.29 is 9.47 Å². The lowest BCUT2D eigenvalue weighted by Crippen LogP contribution is -2.15. The van der Waals surface area contributed by atoms with Crippen molar-refractivity contribution in [1.29, 1.82) is 0 Å². The Balaban J connectivity index is 2.44. The molecule has 0 aromatic heterocycles. The zero-order valence-corrected chi connectivity index (χ0v) is 11.4. The Kier molecular flexibility index (Phi) is 4.27. The predicted molar refractivity (Wildman–Crippen MR) is 77.9 cm³/mol. The number of para-hydroxylation sites is 2. The summed E-state index contributed by atoms with van der Waals surface area (Å²) in [6.07, 6.45) is 0. The molecule has 0 amide bonds. The van der Waals surface area contributed by atoms with Crippen molar-refractivity contribution in [1.82, 2.24) is 0 Å². The fraction of sp³-hybridized carbons (Fsp3) is 0.143. The molecule has 2 rings (SSSR count). The molecule has 0 aliphatic carbocycles. The third kappa shape index (κ3) is 2.52. The molecular formula is C14H14BO2P. The van der Waals surface area contributed by atoms with Gasteiger partial charge in [0.25, 0.3) is 0 Å². The highest BCUT2D eigenvalue weighted by molar-refractivity contribution is 7.94. The highest BCUT2D eigenvalue weighted by atomic mass is 31.1. The fourth-order valence-electron chi connectivity index (χ4n) is 1.79. The summed E-state index contributed by atoms with van der Waals surface area (Å²) in [6, 6.07) is 15.7. The molecule has 4 heteroatoms. The van der Waals surface area contributed by atoms with Crippen LogP contribution in [0.15, 0.2) is 48.5 Å². The summed E-state index contributed by atoms with van der Waals surface area (Å²) in [5.41, 5.74) is 0. The lowest BCUT2D eigenvalue weighted by atomic mass is 10.3. The Morgan fingerprint density at radius 3 is 1.56 bits per heavy atom. The van der Waals surface area contributed by atoms with Crippen LogP contribution in [0.3, 0.4) is 0 Å². The molecule has 0 atom stereocenters. The van der Waals surface area contributed by atoms with Gasteiger partial charge in [0, 0.05) is 10.6 Å². The molecule has 2 radical (unpaired) electrons. The average molecular weight is 256 g/mol. The van der Waals surface area contributed by atoms with Crippen molar-refractivity contribution in [2.45, 2.75) is 0 Å². The van der Waals surface area contributed by atoms with Crippen LogP contribution in [0.5, 0.6) is 11.5 Å². The van der Waals surface area contributed by atoms with Gasteiger partial charge in [0.05, 0.1) is 14.2 Å². The molecule has 0 unspecified atom stereocenters. The smallest absolute Gasteiger partial charge is 0.125 e. The number of rotatable bonds is 4. The number of hydrogen-bond acceptors (Lipinski definition) is 2. The zero-order chi connectivity index (χ0) is 13.0. The normalized spacial score (nSPS) is 10.4. The highest BCUT2D eigenvalue weighted by Crippen LogP contribution is 2.35. The molecule has 0 aliphatic heterocycles. The van der Waals surface area contributed by atoms with Gasteiger partial charge in [-0.3, -0.25) is 0 Å². The topological polar surface area (TPSA) is 18.5 Å². The van der Waals surface area contributed by atoms with Crippen LogP contribution in [0.4, 0.5) is 0 Å². The van der Waals surface area contributed by atoms with Gasteiger partial charge in [-0.15, -0.1) is 0 Å². The molecular weight excluding hydrogens is 242 g/mol. The molecule has 90 valence electrons. The monoisotopic (exact) mass is 256 g/mol. The molecule has 0 spiro atoms. The summed E-state index contributed by atoms with van der Waals surface area (Å²) in [6.45, 7) is 0. The Morgan fingerprint density at radius 2 is 1.17 bits per heavy atom. The van der Waals surface area contributed by atoms with E-state index >= 15 is 0 Å². The van der Waals surface area contributed by atoms with Crippen molar-refractivity contribution in [2.24, 2.45) is 0 Å². The third-order valence-corrected chi connectivity index (χ3v) is 4.47. The Labute approximate surface area is 110 Å². The molecule has 2 aromatic carbocycles. The van der Waals surface area contributed by atoms with E-state index in [-0.39, 0.29) is 0 Å². The second kappa shape index (κ2) is 5.93. The molecule has 0 saturated heterocycles. The first kappa shape index (κ1) is 13.0. The van der Waals surface area contributed by atoms with Gasteiger partial charge in [0.15, 0.2) is 0 Å². The average Bonchev–Trinajstić information content (AvgIpc) is 2.46. The molecule has 0 aliphatic rings. The van der Waals surface area contributed by atoms with E-state index in [1.807, 2.05) is 48.5 Å². The summed E-state index contributed by atoms with van der Waals surface area (Å²) < 4.78 is 10.7. The summed E-state index contributed by atoms with van der Waals surface area (Å²) in [4.78, 5) is 0. The van der Waals surface area contributed by atoms with E-state index in [0.29, 0.717) is 0 Å². The Morgan fingerprint density at radius 1 is 0.778 bits per heavy atom. The van der Waals surface area contributed by atoms with E-state index in [1.54, 1.807) is 14.2 Å². The van der Waals surface area contributed by atoms with Crippen molar-refractivity contribution in [2.75, 3.05) is 14.2 Å². The summed E-state index contributed by atoms with van der Waals surface area (Å²) in [5, 5.41) is 2.03. The van der Waals surface area contributed by atoms with Gasteiger partial charge in [-0.25, -0.2) is 0 Å². The van der Waals surface area contributed by atoms with E-state index in [1.165, 1.54) is 0 Å². The maximum atomic E-state index is 6.37. The van der Waals surface area contributed by atoms with Crippen LogP contribution in [0.1, 0.15) is 0 Å². The number of hydrogen-bond donors (Lipinski definition) is 0. The number of benzene rings is 2. The molecule has 2 aromatic rings. The first-order chi connectivity index (χ1) is 8.77. The van der Waals surface area contributed by atoms with Crippen molar-refractivity contribution >= 4 is 26.0 Å². The van der Waals surface area contributed by atoms with Gasteiger partial charge >= 0.3 is 0 Å². The van der Waals surface area contributed by atoms with E-state index in [2.05, 4.69) is 0 Å². The predicted octanol–water partition coefficient (Wildman–Crippen LogP) is 2.22. The third-order valence-electron chi connectivity index (χ3n) is 2.69. The Hall–Kier alpha value is -1.47. The highest BCUT2D eigenvalue weighted by Gasteiger charge is 2.15. The largest absolute Gasteiger partial charge is 0.496 e. The van der Waals surface area contributed by atoms with Gasteiger partial charge in [-0.1, -0.05) is 44.2 Å². The zero-order valence-electron chi connectivity index (χ0n) is 10.5. The number of ether oxygens (including phenoxy) is 2. The second-order valence-corrected chi connectivity index (χ2v) is 5.42. The Bertz CT molecular complexity index is 483. The van der Waals surface area contributed by atoms with Crippen molar-refractivity contribution in [3.63, 3.8) is 0 Å². The van der Waals surface area contributed by atoms with Crippen molar-refractivity contribution in [3.8, 4) is 11.5 Å². The van der Waals surface area contributed by atoms with Crippen LogP contribution in [0.25, 0.3) is 0 Å². The van der Waals surface area contributed by atoms with Crippen LogP contribution >= 0.6 is 7.80 Å². The van der Waals surface area contributed by atoms with Gasteiger partial charge in [0.2, 0.25) is 0 Å². The minimum Gasteiger partial charge on any atom is -0.496 e. The van der Waals surface area contributed by atoms with Gasteiger partial charge in [0.1, 0.15) is 19.1 Å². The lowest BCUT2D eigenvalue weighted by molar-refractivity contribution is 0.417. The van der Waals surface area contributed by atoms with Crippen LogP contribution in [0.2, 0.25) is 0 Å². The van der Waals surface area contributed by atoms with Gasteiger partial charge in [-0.2, -0.15) is 0 Å². The maximum Gasteiger partial charge on any atom is 0.125 e. The summed E-state index contributed by atoms with van der Waals surface area (Å²) >= 11 is 0. The fourth-order valence-corrected chi connectivity index (χ4v) is 3.35. The molecule has 0 bridgehead atoms. The van der Waals surface area contributed by atoms with Gasteiger partial charge in [-0.05, 0) is 12.1 Å². The van der Waals surface area contributed by atoms with Crippen molar-refractivity contribution in [3.05, 3.63) is 48.5 Å². The summed E-state index contributed by atoms with van der Waals surface area (Å²) in [7, 11) is 8.71. The van der Waals surface area contributed by atoms with Gasteiger partial charge < -0.3 is 9.47 Å². The summed E-state index contributed by atoms with van der Waals surface area (Å²) in [5.74, 6) is 1.63. The van der Waals surface area contributed by atoms with E-state index in [0.717, 1.165) is 22.1 Å². The lowest BCUT2D eigenvalue weighted by Gasteiger charge is -2.19. The number of methoxy groups -OCH3 is 2. The molecule has 0 saturated carbocycles. The maximum absolute atomic E-state index is 6.37. The first-order valence-corrected chi connectivity index (χ1v) is 7.00. The van der Waals surface area contributed by atoms with E-state index in [9.17, 15) is 0 Å². The van der Waals surface area contributed by atoms with Crippen LogP contribution in [-0.4, -0.2) is 21.8 Å². The molecule has 18 heavy (non-hydrogen) atoms. The first-order valence-electron chi connectivity index (χ1n) is 5.58. The minimum absolute atomic E-state index is 0.817. The molecule has 2 nitrogen and oxygen atoms in total.